The van der Waals surface area contributed by atoms with E-state index in [1.807, 2.05) is 0 Å². The standard InChI is InChI=1S/C13H23N3O9/c17-4-3-16(9-18)10(19)5-14(6-11(20)21)1-2-15(7-12(22)23)8-13(24)25/h17-18H,1-9H2,(H,20,21)(H,22,23)(H,24,25). The molecule has 5 N–H and O–H groups in total. The van der Waals surface area contributed by atoms with E-state index < -0.39 is 50.2 Å². The van der Waals surface area contributed by atoms with Gasteiger partial charge in [-0.1, -0.05) is 0 Å². The van der Waals surface area contributed by atoms with Gasteiger partial charge in [-0.25, -0.2) is 0 Å². The zero-order valence-corrected chi connectivity index (χ0v) is 13.6. The Hall–Kier alpha value is -2.28. The van der Waals surface area contributed by atoms with Gasteiger partial charge >= 0.3 is 17.9 Å². The molecule has 0 radical (unpaired) electrons. The first-order valence-electron chi connectivity index (χ1n) is 7.29. The Balaban J connectivity index is 4.83. The molecular weight excluding hydrogens is 342 g/mol. The monoisotopic (exact) mass is 365 g/mol. The largest absolute Gasteiger partial charge is 0.480 e. The Labute approximate surface area is 143 Å². The molecule has 0 aliphatic heterocycles. The average molecular weight is 365 g/mol. The molecule has 0 saturated carbocycles. The number of aliphatic carboxylic acids is 3. The van der Waals surface area contributed by atoms with Crippen LogP contribution in [-0.4, -0.2) is 123 Å². The lowest BCUT2D eigenvalue weighted by molar-refractivity contribution is -0.144. The molecular formula is C13H23N3O9. The van der Waals surface area contributed by atoms with Crippen molar-refractivity contribution in [3.63, 3.8) is 0 Å². The molecule has 12 heteroatoms. The number of carbonyl (C=O) groups is 4. The predicted molar refractivity (Wildman–Crippen MR) is 81.7 cm³/mol. The summed E-state index contributed by atoms with van der Waals surface area (Å²) in [6.07, 6.45) is 0. The Kier molecular flexibility index (Phi) is 11.0. The van der Waals surface area contributed by atoms with Crippen molar-refractivity contribution in [2.45, 2.75) is 0 Å². The van der Waals surface area contributed by atoms with Crippen LogP contribution in [0.5, 0.6) is 0 Å². The third-order valence-electron chi connectivity index (χ3n) is 3.06. The average Bonchev–Trinajstić information content (AvgIpc) is 2.48. The lowest BCUT2D eigenvalue weighted by Gasteiger charge is -2.26. The normalized spacial score (nSPS) is 10.9. The van der Waals surface area contributed by atoms with Crippen LogP contribution in [0.3, 0.4) is 0 Å². The molecule has 0 aromatic heterocycles. The molecule has 25 heavy (non-hydrogen) atoms. The molecule has 0 rings (SSSR count). The van der Waals surface area contributed by atoms with Gasteiger partial charge in [-0.15, -0.1) is 0 Å². The van der Waals surface area contributed by atoms with E-state index >= 15 is 0 Å². The molecule has 0 unspecified atom stereocenters. The Morgan fingerprint density at radius 3 is 1.36 bits per heavy atom. The summed E-state index contributed by atoms with van der Waals surface area (Å²) in [6.45, 7) is -3.32. The van der Waals surface area contributed by atoms with E-state index in [1.165, 1.54) is 4.90 Å². The fourth-order valence-electron chi connectivity index (χ4n) is 1.97. The van der Waals surface area contributed by atoms with Crippen molar-refractivity contribution in [3.05, 3.63) is 0 Å². The maximum absolute atomic E-state index is 12.0. The van der Waals surface area contributed by atoms with E-state index in [4.69, 9.17) is 25.5 Å². The summed E-state index contributed by atoms with van der Waals surface area (Å²) in [5.41, 5.74) is 0. The first-order chi connectivity index (χ1) is 11.7. The second-order valence-electron chi connectivity index (χ2n) is 5.12. The van der Waals surface area contributed by atoms with Crippen LogP contribution in [0.1, 0.15) is 0 Å². The highest BCUT2D eigenvalue weighted by Crippen LogP contribution is 1.97. The Morgan fingerprint density at radius 1 is 0.640 bits per heavy atom. The third kappa shape index (κ3) is 11.0. The summed E-state index contributed by atoms with van der Waals surface area (Å²) >= 11 is 0. The highest BCUT2D eigenvalue weighted by Gasteiger charge is 2.20. The molecule has 1 amide bonds. The van der Waals surface area contributed by atoms with Crippen LogP contribution < -0.4 is 0 Å². The zero-order valence-electron chi connectivity index (χ0n) is 13.6. The van der Waals surface area contributed by atoms with Crippen molar-refractivity contribution in [1.29, 1.82) is 0 Å². The highest BCUT2D eigenvalue weighted by atomic mass is 16.4. The third-order valence-corrected chi connectivity index (χ3v) is 3.06. The topological polar surface area (TPSA) is 179 Å². The van der Waals surface area contributed by atoms with Gasteiger partial charge in [0.1, 0.15) is 6.73 Å². The van der Waals surface area contributed by atoms with Crippen molar-refractivity contribution in [2.75, 3.05) is 59.2 Å². The van der Waals surface area contributed by atoms with Gasteiger partial charge in [0, 0.05) is 19.6 Å². The molecule has 0 aromatic rings. The quantitative estimate of drug-likeness (QED) is 0.194. The lowest BCUT2D eigenvalue weighted by atomic mass is 10.3. The minimum atomic E-state index is -1.24. The molecule has 0 spiro atoms. The minimum absolute atomic E-state index is 0.0724. The molecule has 0 bridgehead atoms. The van der Waals surface area contributed by atoms with Crippen molar-refractivity contribution in [2.24, 2.45) is 0 Å². The fraction of sp³-hybridized carbons (Fsp3) is 0.692. The number of rotatable bonds is 14. The van der Waals surface area contributed by atoms with Gasteiger partial charge in [0.25, 0.3) is 0 Å². The molecule has 0 saturated heterocycles. The Morgan fingerprint density at radius 2 is 1.04 bits per heavy atom. The van der Waals surface area contributed by atoms with Crippen molar-refractivity contribution < 1.29 is 44.7 Å². The van der Waals surface area contributed by atoms with Crippen molar-refractivity contribution >= 4 is 23.8 Å². The fourth-order valence-corrected chi connectivity index (χ4v) is 1.97. The molecule has 0 heterocycles. The number of hydrogen-bond donors (Lipinski definition) is 5. The van der Waals surface area contributed by atoms with E-state index in [0.29, 0.717) is 0 Å². The number of aliphatic hydroxyl groups is 2. The summed E-state index contributed by atoms with van der Waals surface area (Å²) < 4.78 is 0. The predicted octanol–water partition coefficient (Wildman–Crippen LogP) is -3.39. The smallest absolute Gasteiger partial charge is 0.317 e. The van der Waals surface area contributed by atoms with E-state index in [9.17, 15) is 19.2 Å². The van der Waals surface area contributed by atoms with Gasteiger partial charge in [0.05, 0.1) is 32.8 Å². The summed E-state index contributed by atoms with van der Waals surface area (Å²) in [5.74, 6) is -4.33. The Bertz CT molecular complexity index is 456. The first kappa shape index (κ1) is 22.7. The summed E-state index contributed by atoms with van der Waals surface area (Å²) in [6, 6.07) is 0. The van der Waals surface area contributed by atoms with E-state index in [-0.39, 0.29) is 32.8 Å². The SMILES string of the molecule is O=C(O)CN(CCN(CC(=O)O)CC(=O)N(CO)CCO)CC(=O)O. The molecule has 12 nitrogen and oxygen atoms in total. The van der Waals surface area contributed by atoms with Crippen LogP contribution in [0.2, 0.25) is 0 Å². The van der Waals surface area contributed by atoms with Crippen molar-refractivity contribution in [3.8, 4) is 0 Å². The summed E-state index contributed by atoms with van der Waals surface area (Å²) in [5, 5.41) is 44.3. The van der Waals surface area contributed by atoms with Gasteiger partial charge in [-0.3, -0.25) is 29.0 Å². The molecule has 0 aliphatic rings. The van der Waals surface area contributed by atoms with Crippen LogP contribution in [0, 0.1) is 0 Å². The maximum Gasteiger partial charge on any atom is 0.317 e. The van der Waals surface area contributed by atoms with E-state index in [2.05, 4.69) is 0 Å². The van der Waals surface area contributed by atoms with E-state index in [1.54, 1.807) is 0 Å². The number of hydrogen-bond acceptors (Lipinski definition) is 8. The number of aliphatic hydroxyl groups excluding tert-OH is 2. The van der Waals surface area contributed by atoms with Crippen LogP contribution in [0.25, 0.3) is 0 Å². The second kappa shape index (κ2) is 12.1. The first-order valence-corrected chi connectivity index (χ1v) is 7.29. The summed E-state index contributed by atoms with van der Waals surface area (Å²) in [4.78, 5) is 47.5. The molecule has 0 fully saturated rings. The van der Waals surface area contributed by atoms with Gasteiger partial charge in [0.15, 0.2) is 0 Å². The van der Waals surface area contributed by atoms with Crippen LogP contribution in [-0.2, 0) is 19.2 Å². The second-order valence-corrected chi connectivity index (χ2v) is 5.12. The zero-order chi connectivity index (χ0) is 19.4. The number of nitrogens with zero attached hydrogens (tertiary/aromatic N) is 3. The van der Waals surface area contributed by atoms with Gasteiger partial charge in [-0.05, 0) is 0 Å². The number of carboxylic acid groups (broad SMARTS) is 3. The van der Waals surface area contributed by atoms with Crippen LogP contribution in [0.4, 0.5) is 0 Å². The molecule has 0 atom stereocenters. The molecule has 0 aromatic carbocycles. The van der Waals surface area contributed by atoms with E-state index in [0.717, 1.165) is 9.80 Å². The summed E-state index contributed by atoms with van der Waals surface area (Å²) in [7, 11) is 0. The number of carbonyl (C=O) groups excluding carboxylic acids is 1. The highest BCUT2D eigenvalue weighted by molar-refractivity contribution is 5.79. The van der Waals surface area contributed by atoms with Gasteiger partial charge < -0.3 is 30.4 Å². The maximum atomic E-state index is 12.0. The van der Waals surface area contributed by atoms with Crippen molar-refractivity contribution in [1.82, 2.24) is 14.7 Å². The lowest BCUT2D eigenvalue weighted by Crippen LogP contribution is -2.46. The van der Waals surface area contributed by atoms with Gasteiger partial charge in [0.2, 0.25) is 5.91 Å². The van der Waals surface area contributed by atoms with Gasteiger partial charge in [-0.2, -0.15) is 0 Å². The minimum Gasteiger partial charge on any atom is -0.480 e. The number of carboxylic acids is 3. The van der Waals surface area contributed by atoms with Crippen LogP contribution in [0.15, 0.2) is 0 Å². The molecule has 144 valence electrons. The molecule has 0 aliphatic carbocycles. The number of amides is 1. The van der Waals surface area contributed by atoms with Crippen LogP contribution >= 0.6 is 0 Å².